The normalized spacial score (nSPS) is 16.0. The molecular weight excluding hydrogens is 390 g/mol. The smallest absolute Gasteiger partial charge is 0.223 e. The molecule has 4 nitrogen and oxygen atoms in total. The van der Waals surface area contributed by atoms with Crippen molar-refractivity contribution in [1.82, 2.24) is 10.3 Å². The fourth-order valence-corrected chi connectivity index (χ4v) is 5.48. The van der Waals surface area contributed by atoms with Crippen molar-refractivity contribution < 1.29 is 4.79 Å². The summed E-state index contributed by atoms with van der Waals surface area (Å²) >= 11 is 1.77. The molecule has 1 fully saturated rings. The number of amides is 1. The van der Waals surface area contributed by atoms with Crippen LogP contribution < -0.4 is 10.2 Å². The van der Waals surface area contributed by atoms with E-state index in [9.17, 15) is 4.79 Å². The Labute approximate surface area is 183 Å². The Bertz CT molecular complexity index is 1010. The topological polar surface area (TPSA) is 45.2 Å². The molecule has 2 heterocycles. The van der Waals surface area contributed by atoms with Gasteiger partial charge in [0, 0.05) is 25.0 Å². The lowest BCUT2D eigenvalue weighted by Crippen LogP contribution is -2.43. The highest BCUT2D eigenvalue weighted by Crippen LogP contribution is 2.33. The number of anilines is 1. The lowest BCUT2D eigenvalue weighted by Gasteiger charge is -2.31. The van der Waals surface area contributed by atoms with Gasteiger partial charge in [0.15, 0.2) is 5.13 Å². The zero-order valence-corrected chi connectivity index (χ0v) is 19.0. The Morgan fingerprint density at radius 2 is 1.93 bits per heavy atom. The molecule has 0 bridgehead atoms. The summed E-state index contributed by atoms with van der Waals surface area (Å²) < 4.78 is 1.26. The third kappa shape index (κ3) is 4.84. The highest BCUT2D eigenvalue weighted by atomic mass is 32.1. The highest BCUT2D eigenvalue weighted by molar-refractivity contribution is 7.22. The predicted molar refractivity (Wildman–Crippen MR) is 126 cm³/mol. The quantitative estimate of drug-likeness (QED) is 0.590. The van der Waals surface area contributed by atoms with Crippen LogP contribution in [0.1, 0.15) is 42.9 Å². The van der Waals surface area contributed by atoms with Gasteiger partial charge in [-0.25, -0.2) is 4.98 Å². The number of nitrogens with zero attached hydrogens (tertiary/aromatic N) is 2. The van der Waals surface area contributed by atoms with Gasteiger partial charge in [-0.3, -0.25) is 4.79 Å². The number of aromatic nitrogens is 1. The molecule has 1 N–H and O–H groups in total. The van der Waals surface area contributed by atoms with Gasteiger partial charge in [0.25, 0.3) is 0 Å². The number of benzene rings is 2. The van der Waals surface area contributed by atoms with Gasteiger partial charge in [-0.15, -0.1) is 0 Å². The minimum atomic E-state index is 0.110. The van der Waals surface area contributed by atoms with Gasteiger partial charge in [-0.1, -0.05) is 47.7 Å². The van der Waals surface area contributed by atoms with E-state index < -0.39 is 0 Å². The fraction of sp³-hybridized carbons (Fsp3) is 0.440. The number of fused-ring (bicyclic) bond motifs is 1. The zero-order chi connectivity index (χ0) is 21.1. The van der Waals surface area contributed by atoms with Crippen molar-refractivity contribution in [2.45, 2.75) is 52.5 Å². The Morgan fingerprint density at radius 1 is 1.20 bits per heavy atom. The highest BCUT2D eigenvalue weighted by Gasteiger charge is 2.27. The van der Waals surface area contributed by atoms with E-state index in [0.717, 1.165) is 49.4 Å². The molecule has 30 heavy (non-hydrogen) atoms. The molecule has 1 aliphatic rings. The predicted octanol–water partition coefficient (Wildman–Crippen LogP) is 5.27. The number of thiazole rings is 1. The summed E-state index contributed by atoms with van der Waals surface area (Å²) in [4.78, 5) is 20.0. The van der Waals surface area contributed by atoms with Gasteiger partial charge in [0.2, 0.25) is 5.91 Å². The number of rotatable bonds is 6. The maximum Gasteiger partial charge on any atom is 0.223 e. The lowest BCUT2D eigenvalue weighted by molar-refractivity contribution is -0.126. The van der Waals surface area contributed by atoms with E-state index in [1.807, 2.05) is 6.07 Å². The average molecular weight is 422 g/mol. The number of hydrogen-bond donors (Lipinski definition) is 1. The van der Waals surface area contributed by atoms with Gasteiger partial charge in [0.1, 0.15) is 0 Å². The molecule has 0 spiro atoms. The molecular formula is C25H31N3OS. The maximum absolute atomic E-state index is 12.7. The van der Waals surface area contributed by atoms with E-state index in [2.05, 4.69) is 67.4 Å². The van der Waals surface area contributed by atoms with Crippen molar-refractivity contribution in [2.75, 3.05) is 18.0 Å². The Kier molecular flexibility index (Phi) is 6.38. The van der Waals surface area contributed by atoms with Crippen LogP contribution in [-0.2, 0) is 11.2 Å². The van der Waals surface area contributed by atoms with E-state index in [1.165, 1.54) is 21.4 Å². The van der Waals surface area contributed by atoms with Crippen molar-refractivity contribution >= 4 is 32.6 Å². The summed E-state index contributed by atoms with van der Waals surface area (Å²) in [5, 5.41) is 4.33. The largest absolute Gasteiger partial charge is 0.353 e. The van der Waals surface area contributed by atoms with E-state index in [0.29, 0.717) is 0 Å². The van der Waals surface area contributed by atoms with Crippen molar-refractivity contribution in [3.05, 3.63) is 59.2 Å². The van der Waals surface area contributed by atoms with Crippen LogP contribution in [0.25, 0.3) is 10.2 Å². The third-order valence-electron chi connectivity index (χ3n) is 6.05. The molecule has 2 aromatic carbocycles. The number of piperidine rings is 1. The maximum atomic E-state index is 12.7. The van der Waals surface area contributed by atoms with Crippen molar-refractivity contribution in [3.8, 4) is 0 Å². The van der Waals surface area contributed by atoms with E-state index in [1.54, 1.807) is 11.3 Å². The molecule has 0 saturated carbocycles. The summed E-state index contributed by atoms with van der Waals surface area (Å²) in [6, 6.07) is 15.1. The van der Waals surface area contributed by atoms with Gasteiger partial charge in [-0.05, 0) is 69.2 Å². The van der Waals surface area contributed by atoms with Crippen molar-refractivity contribution in [1.29, 1.82) is 0 Å². The van der Waals surface area contributed by atoms with Crippen LogP contribution in [0, 0.1) is 19.8 Å². The van der Waals surface area contributed by atoms with Crippen molar-refractivity contribution in [2.24, 2.45) is 5.92 Å². The SMILES string of the molecule is Cc1cc(C)c2nc(N3CCC(C(=O)N[C@H](C)CCc4ccccc4)CC3)sc2c1. The number of hydrogen-bond acceptors (Lipinski definition) is 4. The van der Waals surface area contributed by atoms with Gasteiger partial charge >= 0.3 is 0 Å². The van der Waals surface area contributed by atoms with Gasteiger partial charge in [-0.2, -0.15) is 0 Å². The first-order valence-electron chi connectivity index (χ1n) is 11.0. The molecule has 1 aromatic heterocycles. The minimum absolute atomic E-state index is 0.110. The molecule has 1 atom stereocenters. The van der Waals surface area contributed by atoms with Gasteiger partial charge in [0.05, 0.1) is 10.2 Å². The summed E-state index contributed by atoms with van der Waals surface area (Å²) in [7, 11) is 0. The summed E-state index contributed by atoms with van der Waals surface area (Å²) in [6.07, 6.45) is 3.76. The fourth-order valence-electron chi connectivity index (χ4n) is 4.29. The van der Waals surface area contributed by atoms with E-state index in [4.69, 9.17) is 4.98 Å². The summed E-state index contributed by atoms with van der Waals surface area (Å²) in [6.45, 7) is 8.18. The summed E-state index contributed by atoms with van der Waals surface area (Å²) in [5.74, 6) is 0.324. The number of carbonyl (C=O) groups is 1. The molecule has 0 aliphatic carbocycles. The Morgan fingerprint density at radius 3 is 2.67 bits per heavy atom. The molecule has 1 aliphatic heterocycles. The van der Waals surface area contributed by atoms with E-state index in [-0.39, 0.29) is 17.9 Å². The van der Waals surface area contributed by atoms with Crippen molar-refractivity contribution in [3.63, 3.8) is 0 Å². The van der Waals surface area contributed by atoms with Crippen LogP contribution in [0.5, 0.6) is 0 Å². The molecule has 0 unspecified atom stereocenters. The molecule has 1 amide bonds. The molecule has 5 heteroatoms. The lowest BCUT2D eigenvalue weighted by atomic mass is 9.95. The molecule has 158 valence electrons. The van der Waals surface area contributed by atoms with E-state index >= 15 is 0 Å². The van der Waals surface area contributed by atoms with Crippen LogP contribution in [0.15, 0.2) is 42.5 Å². The second kappa shape index (κ2) is 9.17. The van der Waals surface area contributed by atoms with Crippen LogP contribution in [-0.4, -0.2) is 30.0 Å². The number of carbonyl (C=O) groups excluding carboxylic acids is 1. The monoisotopic (exact) mass is 421 g/mol. The van der Waals surface area contributed by atoms with Crippen LogP contribution >= 0.6 is 11.3 Å². The first-order chi connectivity index (χ1) is 14.5. The Balaban J connectivity index is 1.28. The zero-order valence-electron chi connectivity index (χ0n) is 18.1. The van der Waals surface area contributed by atoms with Crippen LogP contribution in [0.2, 0.25) is 0 Å². The first-order valence-corrected chi connectivity index (χ1v) is 11.8. The Hall–Kier alpha value is -2.40. The first kappa shape index (κ1) is 20.9. The molecule has 0 radical (unpaired) electrons. The summed E-state index contributed by atoms with van der Waals surface area (Å²) in [5.41, 5.74) is 4.97. The second-order valence-electron chi connectivity index (χ2n) is 8.62. The minimum Gasteiger partial charge on any atom is -0.353 e. The molecule has 1 saturated heterocycles. The molecule has 4 rings (SSSR count). The van der Waals surface area contributed by atoms with Crippen LogP contribution in [0.4, 0.5) is 5.13 Å². The average Bonchev–Trinajstić information content (AvgIpc) is 3.17. The standard InChI is InChI=1S/C25H31N3OS/c1-17-15-18(2)23-22(16-17)30-25(27-23)28-13-11-21(12-14-28)24(29)26-19(3)9-10-20-7-5-4-6-8-20/h4-8,15-16,19,21H,9-14H2,1-3H3,(H,26,29)/t19-/m1/s1. The number of aryl methyl sites for hydroxylation is 3. The number of nitrogens with one attached hydrogen (secondary N) is 1. The second-order valence-corrected chi connectivity index (χ2v) is 9.63. The third-order valence-corrected chi connectivity index (χ3v) is 7.12. The molecule has 3 aromatic rings. The van der Waals surface area contributed by atoms with Crippen LogP contribution in [0.3, 0.4) is 0 Å². The van der Waals surface area contributed by atoms with Gasteiger partial charge < -0.3 is 10.2 Å².